The Hall–Kier alpha value is -3.57. The molecule has 33 heavy (non-hydrogen) atoms. The fourth-order valence-electron chi connectivity index (χ4n) is 3.17. The zero-order valence-corrected chi connectivity index (χ0v) is 18.8. The number of ether oxygens (including phenoxy) is 2. The lowest BCUT2D eigenvalue weighted by molar-refractivity contribution is -0.124. The van der Waals surface area contributed by atoms with Crippen LogP contribution in [0.5, 0.6) is 17.2 Å². The van der Waals surface area contributed by atoms with Gasteiger partial charge in [-0.15, -0.1) is 0 Å². The molecule has 2 heterocycles. The van der Waals surface area contributed by atoms with Gasteiger partial charge in [0.2, 0.25) is 12.7 Å². The van der Waals surface area contributed by atoms with Crippen molar-refractivity contribution in [3.8, 4) is 17.2 Å². The molecule has 0 atom stereocenters. The number of hydrogen-bond donors (Lipinski definition) is 3. The summed E-state index contributed by atoms with van der Waals surface area (Å²) < 4.78 is 11.1. The number of hydrazine groups is 1. The van der Waals surface area contributed by atoms with Crippen LogP contribution in [0.15, 0.2) is 47.4 Å². The van der Waals surface area contributed by atoms with E-state index in [1.54, 1.807) is 30.3 Å². The summed E-state index contributed by atoms with van der Waals surface area (Å²) in [5, 5.41) is 9.67. The van der Waals surface area contributed by atoms with Gasteiger partial charge < -0.3 is 14.6 Å². The van der Waals surface area contributed by atoms with Gasteiger partial charge >= 0.3 is 0 Å². The lowest BCUT2D eigenvalue weighted by atomic mass is 10.2. The maximum atomic E-state index is 12.7. The van der Waals surface area contributed by atoms with Gasteiger partial charge in [0, 0.05) is 13.0 Å². The number of aromatic hydroxyl groups is 1. The third kappa shape index (κ3) is 5.26. The maximum Gasteiger partial charge on any atom is 0.273 e. The van der Waals surface area contributed by atoms with Gasteiger partial charge in [-0.3, -0.25) is 30.1 Å². The van der Waals surface area contributed by atoms with Crippen molar-refractivity contribution in [2.45, 2.75) is 12.8 Å². The molecule has 0 aromatic heterocycles. The van der Waals surface area contributed by atoms with Crippen LogP contribution in [0.1, 0.15) is 28.8 Å². The number of thioether (sulfide) groups is 1. The number of rotatable bonds is 6. The molecule has 2 aliphatic heterocycles. The molecular weight excluding hydrogens is 466 g/mol. The first-order valence-corrected chi connectivity index (χ1v) is 11.2. The van der Waals surface area contributed by atoms with Crippen LogP contribution in [-0.4, -0.2) is 45.4 Å². The first-order valence-electron chi connectivity index (χ1n) is 9.94. The van der Waals surface area contributed by atoms with Gasteiger partial charge in [0.25, 0.3) is 11.8 Å². The van der Waals surface area contributed by atoms with E-state index >= 15 is 0 Å². The Morgan fingerprint density at radius 2 is 1.94 bits per heavy atom. The summed E-state index contributed by atoms with van der Waals surface area (Å²) in [5.74, 6) is -0.190. The quantitative estimate of drug-likeness (QED) is 0.325. The van der Waals surface area contributed by atoms with E-state index < -0.39 is 11.8 Å². The zero-order valence-electron chi connectivity index (χ0n) is 17.2. The smallest absolute Gasteiger partial charge is 0.273 e. The summed E-state index contributed by atoms with van der Waals surface area (Å²) in [6.07, 6.45) is 2.16. The number of thiocarbonyl (C=S) groups is 1. The number of fused-ring (bicyclic) bond motifs is 1. The number of phenols is 1. The lowest BCUT2D eigenvalue weighted by Gasteiger charge is -2.14. The molecule has 1 saturated heterocycles. The van der Waals surface area contributed by atoms with Crippen molar-refractivity contribution in [1.82, 2.24) is 15.8 Å². The number of nitrogens with zero attached hydrogens (tertiary/aromatic N) is 1. The van der Waals surface area contributed by atoms with Gasteiger partial charge in [0.1, 0.15) is 10.1 Å². The first kappa shape index (κ1) is 22.6. The Bertz CT molecular complexity index is 1170. The molecule has 11 heteroatoms. The number of hydrogen-bond acceptors (Lipinski definition) is 8. The molecule has 9 nitrogen and oxygen atoms in total. The van der Waals surface area contributed by atoms with Gasteiger partial charge in [-0.05, 0) is 42.3 Å². The van der Waals surface area contributed by atoms with Crippen molar-refractivity contribution in [3.63, 3.8) is 0 Å². The average molecular weight is 486 g/mol. The molecular formula is C22H19N3O6S2. The monoisotopic (exact) mass is 485 g/mol. The van der Waals surface area contributed by atoms with E-state index in [2.05, 4.69) is 10.9 Å². The SMILES string of the molecule is O=C(CCCN1C(=O)/C(=C/c2ccc3c(c2)OCO3)SC1=S)NNC(=O)c1ccccc1O. The molecule has 0 aliphatic carbocycles. The molecule has 2 aromatic rings. The second-order valence-electron chi connectivity index (χ2n) is 7.07. The Kier molecular flexibility index (Phi) is 6.80. The topological polar surface area (TPSA) is 117 Å². The van der Waals surface area contributed by atoms with E-state index in [4.69, 9.17) is 21.7 Å². The summed E-state index contributed by atoms with van der Waals surface area (Å²) in [5.41, 5.74) is 5.38. The summed E-state index contributed by atoms with van der Waals surface area (Å²) in [7, 11) is 0. The van der Waals surface area contributed by atoms with Gasteiger partial charge in [-0.2, -0.15) is 0 Å². The lowest BCUT2D eigenvalue weighted by Crippen LogP contribution is -2.42. The zero-order chi connectivity index (χ0) is 23.4. The number of benzene rings is 2. The largest absolute Gasteiger partial charge is 0.507 e. The van der Waals surface area contributed by atoms with Gasteiger partial charge in [0.05, 0.1) is 10.5 Å². The van der Waals surface area contributed by atoms with Crippen molar-refractivity contribution in [2.75, 3.05) is 13.3 Å². The van der Waals surface area contributed by atoms with Crippen LogP contribution in [0.4, 0.5) is 0 Å². The minimum Gasteiger partial charge on any atom is -0.507 e. The van der Waals surface area contributed by atoms with Crippen molar-refractivity contribution in [3.05, 3.63) is 58.5 Å². The molecule has 170 valence electrons. The van der Waals surface area contributed by atoms with E-state index in [1.165, 1.54) is 28.8 Å². The second-order valence-corrected chi connectivity index (χ2v) is 8.74. The van der Waals surface area contributed by atoms with Gasteiger partial charge in [-0.1, -0.05) is 42.2 Å². The van der Waals surface area contributed by atoms with E-state index in [9.17, 15) is 19.5 Å². The van der Waals surface area contributed by atoms with Crippen molar-refractivity contribution in [1.29, 1.82) is 0 Å². The normalized spacial score (nSPS) is 15.8. The van der Waals surface area contributed by atoms with Crippen LogP contribution in [0.25, 0.3) is 6.08 Å². The fraction of sp³-hybridized carbons (Fsp3) is 0.182. The highest BCUT2D eigenvalue weighted by Gasteiger charge is 2.31. The minimum absolute atomic E-state index is 0.0459. The van der Waals surface area contributed by atoms with Crippen LogP contribution in [0.3, 0.4) is 0 Å². The maximum absolute atomic E-state index is 12.7. The molecule has 2 aliphatic rings. The number of para-hydroxylation sites is 1. The number of amides is 3. The van der Waals surface area contributed by atoms with E-state index in [0.29, 0.717) is 27.1 Å². The standard InChI is InChI=1S/C22H19N3O6S2/c26-15-5-2-1-4-14(15)20(28)24-23-19(27)6-3-9-25-21(29)18(33-22(25)32)11-13-7-8-16-17(10-13)31-12-30-16/h1-2,4-5,7-8,10-11,26H,3,6,9,12H2,(H,23,27)(H,24,28)/b18-11-. The summed E-state index contributed by atoms with van der Waals surface area (Å²) in [6.45, 7) is 0.441. The average Bonchev–Trinajstić information content (AvgIpc) is 3.37. The van der Waals surface area contributed by atoms with Crippen molar-refractivity contribution < 1.29 is 29.0 Å². The van der Waals surface area contributed by atoms with Crippen LogP contribution < -0.4 is 20.3 Å². The predicted molar refractivity (Wildman–Crippen MR) is 125 cm³/mol. The summed E-state index contributed by atoms with van der Waals surface area (Å²) in [6, 6.07) is 11.4. The number of carbonyl (C=O) groups excluding carboxylic acids is 3. The molecule has 1 fully saturated rings. The highest BCUT2D eigenvalue weighted by atomic mass is 32.2. The summed E-state index contributed by atoms with van der Waals surface area (Å²) in [4.78, 5) is 38.7. The molecule has 0 radical (unpaired) electrons. The second kappa shape index (κ2) is 9.92. The Morgan fingerprint density at radius 1 is 1.15 bits per heavy atom. The van der Waals surface area contributed by atoms with E-state index in [1.807, 2.05) is 6.07 Å². The number of phenolic OH excluding ortho intramolecular Hbond substituents is 1. The first-order chi connectivity index (χ1) is 15.9. The molecule has 2 aromatic carbocycles. The van der Waals surface area contributed by atoms with Crippen LogP contribution in [0, 0.1) is 0 Å². The van der Waals surface area contributed by atoms with Crippen LogP contribution >= 0.6 is 24.0 Å². The molecule has 3 N–H and O–H groups in total. The Balaban J connectivity index is 1.26. The molecule has 4 rings (SSSR count). The molecule has 0 bridgehead atoms. The fourth-order valence-corrected chi connectivity index (χ4v) is 4.48. The molecule has 0 spiro atoms. The van der Waals surface area contributed by atoms with Crippen molar-refractivity contribution in [2.24, 2.45) is 0 Å². The van der Waals surface area contributed by atoms with Gasteiger partial charge in [0.15, 0.2) is 11.5 Å². The number of nitrogens with one attached hydrogen (secondary N) is 2. The predicted octanol–water partition coefficient (Wildman–Crippen LogP) is 2.56. The highest BCUT2D eigenvalue weighted by molar-refractivity contribution is 8.26. The third-order valence-corrected chi connectivity index (χ3v) is 6.20. The molecule has 3 amide bonds. The number of carbonyl (C=O) groups is 3. The Morgan fingerprint density at radius 3 is 2.76 bits per heavy atom. The summed E-state index contributed by atoms with van der Waals surface area (Å²) >= 11 is 6.52. The van der Waals surface area contributed by atoms with E-state index in [0.717, 1.165) is 5.56 Å². The minimum atomic E-state index is -0.632. The van der Waals surface area contributed by atoms with Crippen molar-refractivity contribution >= 4 is 52.1 Å². The highest BCUT2D eigenvalue weighted by Crippen LogP contribution is 2.36. The van der Waals surface area contributed by atoms with Crippen LogP contribution in [0.2, 0.25) is 0 Å². The van der Waals surface area contributed by atoms with Gasteiger partial charge in [-0.25, -0.2) is 0 Å². The molecule has 0 saturated carbocycles. The third-order valence-electron chi connectivity index (χ3n) is 4.82. The van der Waals surface area contributed by atoms with Crippen LogP contribution in [-0.2, 0) is 9.59 Å². The van der Waals surface area contributed by atoms with E-state index in [-0.39, 0.29) is 37.0 Å². The molecule has 0 unspecified atom stereocenters. The Labute approximate surface area is 198 Å².